The van der Waals surface area contributed by atoms with Crippen LogP contribution in [0.4, 0.5) is 0 Å². The zero-order valence-corrected chi connectivity index (χ0v) is 7.67. The molecule has 1 unspecified atom stereocenters. The summed E-state index contributed by atoms with van der Waals surface area (Å²) in [5.41, 5.74) is 8.36. The van der Waals surface area contributed by atoms with Gasteiger partial charge in [0.05, 0.1) is 11.4 Å². The van der Waals surface area contributed by atoms with Gasteiger partial charge in [-0.2, -0.15) is 0 Å². The molecule has 66 valence electrons. The topological polar surface area (TPSA) is 43.8 Å². The summed E-state index contributed by atoms with van der Waals surface area (Å²) in [4.78, 5) is 4.43. The molecule has 12 heavy (non-hydrogen) atoms. The number of fused-ring (bicyclic) bond motifs is 1. The molecule has 0 saturated heterocycles. The van der Waals surface area contributed by atoms with E-state index in [1.165, 1.54) is 12.1 Å². The summed E-state index contributed by atoms with van der Waals surface area (Å²) in [7, 11) is 0. The van der Waals surface area contributed by atoms with Gasteiger partial charge in [-0.05, 0) is 26.7 Å². The molecule has 1 aliphatic heterocycles. The van der Waals surface area contributed by atoms with E-state index in [1.54, 1.807) is 0 Å². The number of nitrogens with zero attached hydrogens (tertiary/aromatic N) is 2. The lowest BCUT2D eigenvalue weighted by Gasteiger charge is -2.22. The van der Waals surface area contributed by atoms with E-state index in [2.05, 4.69) is 16.5 Å². The zero-order chi connectivity index (χ0) is 8.72. The standard InChI is InChI=1S/C9H15N3/c1-6-9-8(10)4-3-5-12(9)7(2)11-6/h8H,3-5,10H2,1-2H3. The molecule has 2 heterocycles. The summed E-state index contributed by atoms with van der Waals surface area (Å²) in [5, 5.41) is 0. The van der Waals surface area contributed by atoms with Crippen LogP contribution in [0.25, 0.3) is 0 Å². The molecule has 0 fully saturated rings. The van der Waals surface area contributed by atoms with Gasteiger partial charge >= 0.3 is 0 Å². The normalized spacial score (nSPS) is 22.4. The highest BCUT2D eigenvalue weighted by atomic mass is 15.1. The molecular formula is C9H15N3. The van der Waals surface area contributed by atoms with Crippen molar-refractivity contribution in [1.29, 1.82) is 0 Å². The van der Waals surface area contributed by atoms with Crippen molar-refractivity contribution < 1.29 is 0 Å². The number of nitrogens with two attached hydrogens (primary N) is 1. The van der Waals surface area contributed by atoms with E-state index in [4.69, 9.17) is 5.73 Å². The predicted molar refractivity (Wildman–Crippen MR) is 47.9 cm³/mol. The minimum absolute atomic E-state index is 0.208. The highest BCUT2D eigenvalue weighted by Crippen LogP contribution is 2.26. The summed E-state index contributed by atoms with van der Waals surface area (Å²) < 4.78 is 2.25. The molecule has 1 aromatic rings. The van der Waals surface area contributed by atoms with Gasteiger partial charge in [-0.25, -0.2) is 4.98 Å². The van der Waals surface area contributed by atoms with Gasteiger partial charge in [-0.1, -0.05) is 0 Å². The second kappa shape index (κ2) is 2.59. The Morgan fingerprint density at radius 1 is 1.50 bits per heavy atom. The van der Waals surface area contributed by atoms with Crippen LogP contribution in [0.1, 0.15) is 36.1 Å². The fourth-order valence-corrected chi connectivity index (χ4v) is 2.09. The number of hydrogen-bond donors (Lipinski definition) is 1. The van der Waals surface area contributed by atoms with Gasteiger partial charge in [0.1, 0.15) is 5.82 Å². The lowest BCUT2D eigenvalue weighted by molar-refractivity contribution is 0.455. The molecule has 0 spiro atoms. The second-order valence-corrected chi connectivity index (χ2v) is 3.53. The van der Waals surface area contributed by atoms with Gasteiger partial charge in [-0.3, -0.25) is 0 Å². The third-order valence-corrected chi connectivity index (χ3v) is 2.63. The number of aromatic nitrogens is 2. The monoisotopic (exact) mass is 165 g/mol. The van der Waals surface area contributed by atoms with Crippen LogP contribution in [-0.2, 0) is 6.54 Å². The highest BCUT2D eigenvalue weighted by molar-refractivity contribution is 5.20. The number of hydrogen-bond acceptors (Lipinski definition) is 2. The van der Waals surface area contributed by atoms with E-state index < -0.39 is 0 Å². The van der Waals surface area contributed by atoms with Crippen LogP contribution in [-0.4, -0.2) is 9.55 Å². The van der Waals surface area contributed by atoms with Crippen molar-refractivity contribution in [1.82, 2.24) is 9.55 Å². The fraction of sp³-hybridized carbons (Fsp3) is 0.667. The first kappa shape index (κ1) is 7.80. The van der Waals surface area contributed by atoms with Crippen molar-refractivity contribution in [3.63, 3.8) is 0 Å². The quantitative estimate of drug-likeness (QED) is 0.629. The van der Waals surface area contributed by atoms with Gasteiger partial charge in [0.25, 0.3) is 0 Å². The Morgan fingerprint density at radius 2 is 2.25 bits per heavy atom. The van der Waals surface area contributed by atoms with E-state index in [9.17, 15) is 0 Å². The maximum Gasteiger partial charge on any atom is 0.106 e. The Labute approximate surface area is 72.6 Å². The molecule has 3 heteroatoms. The summed E-state index contributed by atoms with van der Waals surface area (Å²) in [5.74, 6) is 1.11. The van der Waals surface area contributed by atoms with Crippen molar-refractivity contribution in [3.8, 4) is 0 Å². The van der Waals surface area contributed by atoms with E-state index in [1.807, 2.05) is 6.92 Å². The van der Waals surface area contributed by atoms with Crippen molar-refractivity contribution >= 4 is 0 Å². The minimum atomic E-state index is 0.208. The molecule has 2 rings (SSSR count). The van der Waals surface area contributed by atoms with Crippen molar-refractivity contribution in [2.75, 3.05) is 0 Å². The molecule has 1 aliphatic rings. The maximum absolute atomic E-state index is 6.00. The SMILES string of the molecule is Cc1nc(C)n2c1C(N)CCC2. The number of rotatable bonds is 0. The smallest absolute Gasteiger partial charge is 0.106 e. The number of aryl methyl sites for hydroxylation is 2. The van der Waals surface area contributed by atoms with Crippen LogP contribution < -0.4 is 5.73 Å². The Bertz CT molecular complexity index is 301. The molecule has 1 aromatic heterocycles. The van der Waals surface area contributed by atoms with E-state index >= 15 is 0 Å². The van der Waals surface area contributed by atoms with E-state index in [0.29, 0.717) is 0 Å². The molecule has 0 bridgehead atoms. The first-order valence-corrected chi connectivity index (χ1v) is 4.49. The summed E-state index contributed by atoms with van der Waals surface area (Å²) in [6.45, 7) is 5.19. The average Bonchev–Trinajstić information content (AvgIpc) is 2.29. The molecule has 0 amide bonds. The second-order valence-electron chi connectivity index (χ2n) is 3.53. The van der Waals surface area contributed by atoms with Gasteiger partial charge in [0, 0.05) is 12.6 Å². The third kappa shape index (κ3) is 0.966. The highest BCUT2D eigenvalue weighted by Gasteiger charge is 2.21. The average molecular weight is 165 g/mol. The van der Waals surface area contributed by atoms with Crippen molar-refractivity contribution in [2.45, 2.75) is 39.3 Å². The van der Waals surface area contributed by atoms with Crippen LogP contribution in [0.15, 0.2) is 0 Å². The van der Waals surface area contributed by atoms with Gasteiger partial charge in [0.15, 0.2) is 0 Å². The molecular weight excluding hydrogens is 150 g/mol. The lowest BCUT2D eigenvalue weighted by atomic mass is 10.0. The minimum Gasteiger partial charge on any atom is -0.331 e. The predicted octanol–water partition coefficient (Wildman–Crippen LogP) is 1.29. The molecule has 0 aliphatic carbocycles. The van der Waals surface area contributed by atoms with Crippen LogP contribution in [0.2, 0.25) is 0 Å². The zero-order valence-electron chi connectivity index (χ0n) is 7.67. The van der Waals surface area contributed by atoms with E-state index in [0.717, 1.165) is 24.5 Å². The molecule has 0 aromatic carbocycles. The number of imidazole rings is 1. The van der Waals surface area contributed by atoms with Crippen LogP contribution in [0.3, 0.4) is 0 Å². The van der Waals surface area contributed by atoms with Gasteiger partial charge in [0.2, 0.25) is 0 Å². The first-order chi connectivity index (χ1) is 5.70. The van der Waals surface area contributed by atoms with Gasteiger partial charge in [-0.15, -0.1) is 0 Å². The fourth-order valence-electron chi connectivity index (χ4n) is 2.09. The van der Waals surface area contributed by atoms with E-state index in [-0.39, 0.29) is 6.04 Å². The Morgan fingerprint density at radius 3 is 2.92 bits per heavy atom. The first-order valence-electron chi connectivity index (χ1n) is 4.49. The van der Waals surface area contributed by atoms with Gasteiger partial charge < -0.3 is 10.3 Å². The summed E-state index contributed by atoms with van der Waals surface area (Å²) >= 11 is 0. The molecule has 0 saturated carbocycles. The van der Waals surface area contributed by atoms with Crippen molar-refractivity contribution in [2.24, 2.45) is 5.73 Å². The summed E-state index contributed by atoms with van der Waals surface area (Å²) in [6.07, 6.45) is 2.29. The van der Waals surface area contributed by atoms with Crippen LogP contribution in [0.5, 0.6) is 0 Å². The largest absolute Gasteiger partial charge is 0.331 e. The third-order valence-electron chi connectivity index (χ3n) is 2.63. The lowest BCUT2D eigenvalue weighted by Crippen LogP contribution is -2.22. The van der Waals surface area contributed by atoms with Crippen LogP contribution >= 0.6 is 0 Å². The van der Waals surface area contributed by atoms with Crippen molar-refractivity contribution in [3.05, 3.63) is 17.2 Å². The Hall–Kier alpha value is -0.830. The molecule has 2 N–H and O–H groups in total. The molecule has 1 atom stereocenters. The van der Waals surface area contributed by atoms with Crippen LogP contribution in [0, 0.1) is 13.8 Å². The molecule has 3 nitrogen and oxygen atoms in total. The Balaban J connectivity index is 2.55. The molecule has 0 radical (unpaired) electrons. The maximum atomic E-state index is 6.00. The summed E-state index contributed by atoms with van der Waals surface area (Å²) in [6, 6.07) is 0.208. The Kier molecular flexibility index (Phi) is 1.68.